The summed E-state index contributed by atoms with van der Waals surface area (Å²) in [4.78, 5) is 0. The highest BCUT2D eigenvalue weighted by atomic mass is 16.5. The predicted molar refractivity (Wildman–Crippen MR) is 83.1 cm³/mol. The third kappa shape index (κ3) is 4.24. The molecule has 112 valence electrons. The van der Waals surface area contributed by atoms with E-state index in [2.05, 4.69) is 19.1 Å². The molecule has 0 unspecified atom stereocenters. The summed E-state index contributed by atoms with van der Waals surface area (Å²) >= 11 is 0. The second kappa shape index (κ2) is 7.12. The van der Waals surface area contributed by atoms with Gasteiger partial charge in [0.15, 0.2) is 0 Å². The van der Waals surface area contributed by atoms with E-state index in [9.17, 15) is 5.11 Å². The van der Waals surface area contributed by atoms with Crippen molar-refractivity contribution in [3.8, 4) is 5.75 Å². The second-order valence-corrected chi connectivity index (χ2v) is 6.30. The maximum Gasteiger partial charge on any atom is 0.118 e. The molecule has 2 nitrogen and oxygen atoms in total. The lowest BCUT2D eigenvalue weighted by Gasteiger charge is -2.36. The number of benzene rings is 1. The van der Waals surface area contributed by atoms with E-state index in [1.807, 2.05) is 12.1 Å². The van der Waals surface area contributed by atoms with Crippen molar-refractivity contribution < 1.29 is 9.84 Å². The number of methoxy groups -OCH3 is 1. The Labute approximate surface area is 123 Å². The number of hydrogen-bond acceptors (Lipinski definition) is 2. The number of rotatable bonds is 6. The van der Waals surface area contributed by atoms with Crippen LogP contribution >= 0.6 is 0 Å². The van der Waals surface area contributed by atoms with Crippen LogP contribution in [0.25, 0.3) is 0 Å². The van der Waals surface area contributed by atoms with Gasteiger partial charge in [-0.15, -0.1) is 0 Å². The summed E-state index contributed by atoms with van der Waals surface area (Å²) in [5.41, 5.74) is 0.861. The molecule has 0 aromatic heterocycles. The first-order valence-electron chi connectivity index (χ1n) is 8.00. The van der Waals surface area contributed by atoms with Gasteiger partial charge in [-0.05, 0) is 62.1 Å². The molecule has 2 heteroatoms. The summed E-state index contributed by atoms with van der Waals surface area (Å²) in [6.07, 6.45) is 8.81. The van der Waals surface area contributed by atoms with Crippen LogP contribution in [0.15, 0.2) is 24.3 Å². The van der Waals surface area contributed by atoms with E-state index in [0.29, 0.717) is 0 Å². The van der Waals surface area contributed by atoms with E-state index in [4.69, 9.17) is 4.74 Å². The van der Waals surface area contributed by atoms with Crippen molar-refractivity contribution in [1.29, 1.82) is 0 Å². The summed E-state index contributed by atoms with van der Waals surface area (Å²) < 4.78 is 5.17. The molecule has 0 atom stereocenters. The lowest BCUT2D eigenvalue weighted by Crippen LogP contribution is -2.34. The van der Waals surface area contributed by atoms with Crippen LogP contribution in [0.2, 0.25) is 0 Å². The van der Waals surface area contributed by atoms with Crippen LogP contribution in [0.4, 0.5) is 0 Å². The fraction of sp³-hybridized carbons (Fsp3) is 0.667. The molecule has 0 aliphatic heterocycles. The predicted octanol–water partition coefficient (Wildman–Crippen LogP) is 4.35. The van der Waals surface area contributed by atoms with E-state index in [0.717, 1.165) is 37.4 Å². The van der Waals surface area contributed by atoms with Gasteiger partial charge in [0.1, 0.15) is 5.75 Å². The van der Waals surface area contributed by atoms with Gasteiger partial charge in [-0.25, -0.2) is 0 Å². The van der Waals surface area contributed by atoms with Crippen molar-refractivity contribution in [3.05, 3.63) is 29.8 Å². The molecule has 20 heavy (non-hydrogen) atoms. The van der Waals surface area contributed by atoms with Crippen LogP contribution in [0.3, 0.4) is 0 Å². The van der Waals surface area contributed by atoms with Crippen LogP contribution in [0.5, 0.6) is 5.75 Å². The van der Waals surface area contributed by atoms with Crippen molar-refractivity contribution in [2.75, 3.05) is 7.11 Å². The van der Waals surface area contributed by atoms with Crippen LogP contribution in [-0.4, -0.2) is 17.8 Å². The number of ether oxygens (including phenoxy) is 1. The highest BCUT2D eigenvalue weighted by molar-refractivity contribution is 5.27. The fourth-order valence-electron chi connectivity index (χ4n) is 3.33. The summed E-state index contributed by atoms with van der Waals surface area (Å²) in [5, 5.41) is 10.7. The zero-order chi connectivity index (χ0) is 14.4. The monoisotopic (exact) mass is 276 g/mol. The Morgan fingerprint density at radius 3 is 2.40 bits per heavy atom. The standard InChI is InChI=1S/C18H28O2/c1-3-4-15-9-12-18(19,13-10-15)14-11-16-5-7-17(20-2)8-6-16/h5-8,15,19H,3-4,9-14H2,1-2H3. The molecule has 1 aromatic rings. The van der Waals surface area contributed by atoms with Gasteiger partial charge in [0.05, 0.1) is 12.7 Å². The van der Waals surface area contributed by atoms with Gasteiger partial charge in [0, 0.05) is 0 Å². The Hall–Kier alpha value is -1.02. The van der Waals surface area contributed by atoms with E-state index < -0.39 is 5.60 Å². The summed E-state index contributed by atoms with van der Waals surface area (Å²) in [6, 6.07) is 8.20. The Bertz CT molecular complexity index is 388. The first-order chi connectivity index (χ1) is 9.65. The molecular weight excluding hydrogens is 248 g/mol. The second-order valence-electron chi connectivity index (χ2n) is 6.30. The average molecular weight is 276 g/mol. The van der Waals surface area contributed by atoms with Crippen LogP contribution in [-0.2, 0) is 6.42 Å². The first-order valence-corrected chi connectivity index (χ1v) is 8.00. The molecule has 0 radical (unpaired) electrons. The molecule has 0 heterocycles. The van der Waals surface area contributed by atoms with Crippen LogP contribution in [0, 0.1) is 5.92 Å². The van der Waals surface area contributed by atoms with Gasteiger partial charge in [0.25, 0.3) is 0 Å². The quantitative estimate of drug-likeness (QED) is 0.837. The fourth-order valence-corrected chi connectivity index (χ4v) is 3.33. The van der Waals surface area contributed by atoms with Crippen molar-refractivity contribution in [2.24, 2.45) is 5.92 Å². The van der Waals surface area contributed by atoms with E-state index in [1.54, 1.807) is 7.11 Å². The third-order valence-corrected chi connectivity index (χ3v) is 4.77. The van der Waals surface area contributed by atoms with E-state index >= 15 is 0 Å². The maximum absolute atomic E-state index is 10.7. The molecule has 1 aliphatic rings. The van der Waals surface area contributed by atoms with Gasteiger partial charge in [-0.2, -0.15) is 0 Å². The van der Waals surface area contributed by atoms with E-state index in [-0.39, 0.29) is 0 Å². The SMILES string of the molecule is CCCC1CCC(O)(CCc2ccc(OC)cc2)CC1. The molecule has 0 saturated heterocycles. The lowest BCUT2D eigenvalue weighted by molar-refractivity contribution is -0.0172. The Kier molecular flexibility index (Phi) is 5.47. The lowest BCUT2D eigenvalue weighted by atomic mass is 9.75. The van der Waals surface area contributed by atoms with Crippen LogP contribution in [0.1, 0.15) is 57.4 Å². The normalized spacial score (nSPS) is 26.4. The molecule has 0 bridgehead atoms. The molecule has 1 fully saturated rings. The average Bonchev–Trinajstić information content (AvgIpc) is 2.49. The molecule has 2 rings (SSSR count). The number of aryl methyl sites for hydroxylation is 1. The molecule has 1 saturated carbocycles. The molecule has 0 amide bonds. The Morgan fingerprint density at radius 1 is 1.20 bits per heavy atom. The highest BCUT2D eigenvalue weighted by Gasteiger charge is 2.32. The van der Waals surface area contributed by atoms with Crippen molar-refractivity contribution in [3.63, 3.8) is 0 Å². The summed E-state index contributed by atoms with van der Waals surface area (Å²) in [6.45, 7) is 2.25. The van der Waals surface area contributed by atoms with Gasteiger partial charge in [-0.3, -0.25) is 0 Å². The molecule has 1 N–H and O–H groups in total. The Morgan fingerprint density at radius 2 is 1.85 bits per heavy atom. The Balaban J connectivity index is 1.80. The minimum atomic E-state index is -0.426. The van der Waals surface area contributed by atoms with Crippen molar-refractivity contribution in [2.45, 2.75) is 63.9 Å². The van der Waals surface area contributed by atoms with Gasteiger partial charge < -0.3 is 9.84 Å². The smallest absolute Gasteiger partial charge is 0.118 e. The van der Waals surface area contributed by atoms with Crippen molar-refractivity contribution in [1.82, 2.24) is 0 Å². The maximum atomic E-state index is 10.7. The highest BCUT2D eigenvalue weighted by Crippen LogP contribution is 2.37. The zero-order valence-corrected chi connectivity index (χ0v) is 12.9. The molecule has 1 aromatic carbocycles. The number of hydrogen-bond donors (Lipinski definition) is 1. The minimum absolute atomic E-state index is 0.426. The number of aliphatic hydroxyl groups is 1. The first kappa shape index (κ1) is 15.4. The minimum Gasteiger partial charge on any atom is -0.497 e. The van der Waals surface area contributed by atoms with Gasteiger partial charge in [-0.1, -0.05) is 31.9 Å². The van der Waals surface area contributed by atoms with Gasteiger partial charge in [0.2, 0.25) is 0 Å². The van der Waals surface area contributed by atoms with Gasteiger partial charge >= 0.3 is 0 Å². The summed E-state index contributed by atoms with van der Waals surface area (Å²) in [7, 11) is 1.69. The third-order valence-electron chi connectivity index (χ3n) is 4.77. The van der Waals surface area contributed by atoms with Crippen molar-refractivity contribution >= 4 is 0 Å². The van der Waals surface area contributed by atoms with E-state index in [1.165, 1.54) is 31.2 Å². The zero-order valence-electron chi connectivity index (χ0n) is 12.9. The molecule has 0 spiro atoms. The largest absolute Gasteiger partial charge is 0.497 e. The molecule has 1 aliphatic carbocycles. The summed E-state index contributed by atoms with van der Waals surface area (Å²) in [5.74, 6) is 1.74. The topological polar surface area (TPSA) is 29.5 Å². The molecular formula is C18H28O2. The van der Waals surface area contributed by atoms with Crippen LogP contribution < -0.4 is 4.74 Å².